The second-order valence-corrected chi connectivity index (χ2v) is 8.62. The maximum absolute atomic E-state index is 12.7. The van der Waals surface area contributed by atoms with E-state index in [9.17, 15) is 4.79 Å². The zero-order chi connectivity index (χ0) is 20.4. The van der Waals surface area contributed by atoms with Crippen LogP contribution in [0.1, 0.15) is 47.9 Å². The van der Waals surface area contributed by atoms with Gasteiger partial charge in [-0.1, -0.05) is 29.8 Å². The fourth-order valence-electron chi connectivity index (χ4n) is 4.84. The number of methoxy groups -OCH3 is 1. The number of rotatable bonds is 8. The van der Waals surface area contributed by atoms with E-state index in [1.165, 1.54) is 24.0 Å². The van der Waals surface area contributed by atoms with Crippen LogP contribution in [-0.2, 0) is 16.6 Å². The van der Waals surface area contributed by atoms with Crippen molar-refractivity contribution in [2.75, 3.05) is 26.8 Å². The molecule has 1 aromatic heterocycles. The van der Waals surface area contributed by atoms with Crippen molar-refractivity contribution < 1.29 is 9.53 Å². The summed E-state index contributed by atoms with van der Waals surface area (Å²) in [6.07, 6.45) is 6.87. The summed E-state index contributed by atoms with van der Waals surface area (Å²) in [4.78, 5) is 14.7. The molecule has 0 radical (unpaired) electrons. The van der Waals surface area contributed by atoms with Gasteiger partial charge in [-0.05, 0) is 31.2 Å². The van der Waals surface area contributed by atoms with E-state index in [1.807, 2.05) is 29.0 Å². The Balaban J connectivity index is 1.36. The molecule has 1 aromatic carbocycles. The van der Waals surface area contributed by atoms with Crippen molar-refractivity contribution in [2.45, 2.75) is 44.2 Å². The molecule has 2 fully saturated rings. The third kappa shape index (κ3) is 4.38. The quantitative estimate of drug-likeness (QED) is 0.745. The van der Waals surface area contributed by atoms with Crippen molar-refractivity contribution in [1.29, 1.82) is 0 Å². The van der Waals surface area contributed by atoms with Gasteiger partial charge < -0.3 is 15.0 Å². The average Bonchev–Trinajstić information content (AvgIpc) is 3.21. The molecule has 1 N–H and O–H groups in total. The lowest BCUT2D eigenvalue weighted by molar-refractivity contribution is -0.129. The monoisotopic (exact) mass is 396 g/mol. The van der Waals surface area contributed by atoms with Gasteiger partial charge in [0.05, 0.1) is 18.8 Å². The fourth-order valence-corrected chi connectivity index (χ4v) is 4.84. The fraction of sp³-hybridized carbons (Fsp3) is 0.565. The molecular weight excluding hydrogens is 364 g/mol. The van der Waals surface area contributed by atoms with Gasteiger partial charge in [0, 0.05) is 57.4 Å². The molecule has 0 spiro atoms. The highest BCUT2D eigenvalue weighted by atomic mass is 16.5. The second kappa shape index (κ2) is 8.67. The number of amides is 1. The molecule has 0 bridgehead atoms. The van der Waals surface area contributed by atoms with E-state index in [-0.39, 0.29) is 17.9 Å². The molecule has 1 amide bonds. The van der Waals surface area contributed by atoms with E-state index in [0.29, 0.717) is 31.5 Å². The number of carbonyl (C=O) groups is 1. The average molecular weight is 397 g/mol. The summed E-state index contributed by atoms with van der Waals surface area (Å²) in [5.74, 6) is 1.14. The van der Waals surface area contributed by atoms with Crippen LogP contribution >= 0.6 is 0 Å². The predicted molar refractivity (Wildman–Crippen MR) is 113 cm³/mol. The molecule has 6 nitrogen and oxygen atoms in total. The highest BCUT2D eigenvalue weighted by molar-refractivity contribution is 5.79. The Labute approximate surface area is 173 Å². The summed E-state index contributed by atoms with van der Waals surface area (Å²) in [7, 11) is 3.60. The molecule has 4 rings (SSSR count). The largest absolute Gasteiger partial charge is 0.383 e. The van der Waals surface area contributed by atoms with Gasteiger partial charge in [-0.25, -0.2) is 0 Å². The topological polar surface area (TPSA) is 59.4 Å². The van der Waals surface area contributed by atoms with Gasteiger partial charge in [-0.2, -0.15) is 5.10 Å². The predicted octanol–water partition coefficient (Wildman–Crippen LogP) is 2.80. The standard InChI is InChI=1S/C23H32N4O2/c1-16-5-4-6-17(9-16)18-10-21(11-18)24-13-19-12-22(28)27(7-8-29-3)23(19)20-14-25-26(2)15-20/h4-6,9,14-15,18-19,21,23-24H,7-8,10-13H2,1-3H3/t18?,19-,21?,23+/m0/s1. The van der Waals surface area contributed by atoms with Gasteiger partial charge in [-0.15, -0.1) is 0 Å². The number of likely N-dealkylation sites (tertiary alicyclic amines) is 1. The minimum absolute atomic E-state index is 0.0755. The number of hydrogen-bond acceptors (Lipinski definition) is 4. The molecule has 29 heavy (non-hydrogen) atoms. The first-order chi connectivity index (χ1) is 14.0. The summed E-state index contributed by atoms with van der Waals surface area (Å²) < 4.78 is 7.05. The third-order valence-corrected chi connectivity index (χ3v) is 6.46. The van der Waals surface area contributed by atoms with Crippen LogP contribution in [-0.4, -0.2) is 53.4 Å². The highest BCUT2D eigenvalue weighted by Gasteiger charge is 2.41. The van der Waals surface area contributed by atoms with Crippen molar-refractivity contribution >= 4 is 5.91 Å². The van der Waals surface area contributed by atoms with Crippen LogP contribution in [0.25, 0.3) is 0 Å². The molecule has 1 aliphatic heterocycles. The van der Waals surface area contributed by atoms with Gasteiger partial charge in [0.1, 0.15) is 0 Å². The molecule has 156 valence electrons. The number of nitrogens with zero attached hydrogens (tertiary/aromatic N) is 3. The van der Waals surface area contributed by atoms with E-state index in [4.69, 9.17) is 4.74 Å². The molecule has 0 unspecified atom stereocenters. The Morgan fingerprint density at radius 2 is 2.10 bits per heavy atom. The Morgan fingerprint density at radius 3 is 2.79 bits per heavy atom. The number of aryl methyl sites for hydroxylation is 2. The SMILES string of the molecule is COCCN1C(=O)C[C@@H](CNC2CC(c3cccc(C)c3)C2)[C@@H]1c1cnn(C)c1. The van der Waals surface area contributed by atoms with Crippen LogP contribution in [0.5, 0.6) is 0 Å². The molecular formula is C23H32N4O2. The van der Waals surface area contributed by atoms with Crippen molar-refractivity contribution in [2.24, 2.45) is 13.0 Å². The van der Waals surface area contributed by atoms with Crippen molar-refractivity contribution in [3.05, 3.63) is 53.3 Å². The summed E-state index contributed by atoms with van der Waals surface area (Å²) in [6.45, 7) is 4.20. The number of hydrogen-bond donors (Lipinski definition) is 1. The lowest BCUT2D eigenvalue weighted by atomic mass is 9.75. The number of ether oxygens (including phenoxy) is 1. The van der Waals surface area contributed by atoms with Crippen molar-refractivity contribution in [3.8, 4) is 0 Å². The lowest BCUT2D eigenvalue weighted by Gasteiger charge is -2.38. The van der Waals surface area contributed by atoms with Crippen LogP contribution in [0.4, 0.5) is 0 Å². The summed E-state index contributed by atoms with van der Waals surface area (Å²) in [5.41, 5.74) is 3.91. The van der Waals surface area contributed by atoms with Gasteiger partial charge in [-0.3, -0.25) is 9.48 Å². The number of benzene rings is 1. The normalized spacial score (nSPS) is 26.7. The molecule has 2 aromatic rings. The lowest BCUT2D eigenvalue weighted by Crippen LogP contribution is -2.43. The zero-order valence-corrected chi connectivity index (χ0v) is 17.7. The minimum Gasteiger partial charge on any atom is -0.383 e. The van der Waals surface area contributed by atoms with Gasteiger partial charge in [0.25, 0.3) is 0 Å². The van der Waals surface area contributed by atoms with E-state index >= 15 is 0 Å². The van der Waals surface area contributed by atoms with E-state index < -0.39 is 0 Å². The first kappa shape index (κ1) is 20.1. The Morgan fingerprint density at radius 1 is 1.28 bits per heavy atom. The number of nitrogens with one attached hydrogen (secondary N) is 1. The Hall–Kier alpha value is -2.18. The van der Waals surface area contributed by atoms with Gasteiger partial charge in [0.2, 0.25) is 5.91 Å². The third-order valence-electron chi connectivity index (χ3n) is 6.46. The maximum atomic E-state index is 12.7. The molecule has 1 saturated carbocycles. The van der Waals surface area contributed by atoms with Gasteiger partial charge >= 0.3 is 0 Å². The number of carbonyl (C=O) groups excluding carboxylic acids is 1. The Bertz CT molecular complexity index is 843. The molecule has 2 heterocycles. The Kier molecular flexibility index (Phi) is 6.01. The minimum atomic E-state index is 0.0755. The van der Waals surface area contributed by atoms with Crippen LogP contribution in [0.2, 0.25) is 0 Å². The molecule has 2 aliphatic rings. The van der Waals surface area contributed by atoms with Crippen LogP contribution in [0.3, 0.4) is 0 Å². The van der Waals surface area contributed by atoms with Crippen LogP contribution in [0, 0.1) is 12.8 Å². The maximum Gasteiger partial charge on any atom is 0.223 e. The molecule has 1 saturated heterocycles. The van der Waals surface area contributed by atoms with E-state index in [2.05, 4.69) is 41.6 Å². The highest BCUT2D eigenvalue weighted by Crippen LogP contribution is 2.40. The first-order valence-corrected chi connectivity index (χ1v) is 10.6. The summed E-state index contributed by atoms with van der Waals surface area (Å²) >= 11 is 0. The van der Waals surface area contributed by atoms with E-state index in [0.717, 1.165) is 12.1 Å². The smallest absolute Gasteiger partial charge is 0.223 e. The van der Waals surface area contributed by atoms with Crippen LogP contribution in [0.15, 0.2) is 36.7 Å². The van der Waals surface area contributed by atoms with Gasteiger partial charge in [0.15, 0.2) is 0 Å². The van der Waals surface area contributed by atoms with E-state index in [1.54, 1.807) is 7.11 Å². The van der Waals surface area contributed by atoms with Crippen LogP contribution < -0.4 is 5.32 Å². The molecule has 2 atom stereocenters. The summed E-state index contributed by atoms with van der Waals surface area (Å²) in [5, 5.41) is 8.08. The first-order valence-electron chi connectivity index (χ1n) is 10.6. The second-order valence-electron chi connectivity index (χ2n) is 8.62. The summed E-state index contributed by atoms with van der Waals surface area (Å²) in [6, 6.07) is 9.48. The number of aromatic nitrogens is 2. The molecule has 6 heteroatoms. The van der Waals surface area contributed by atoms with Crippen molar-refractivity contribution in [3.63, 3.8) is 0 Å². The zero-order valence-electron chi connectivity index (χ0n) is 17.7. The van der Waals surface area contributed by atoms with Crippen molar-refractivity contribution in [1.82, 2.24) is 20.0 Å². The molecule has 1 aliphatic carbocycles.